The predicted octanol–water partition coefficient (Wildman–Crippen LogP) is 20.6. The van der Waals surface area contributed by atoms with Gasteiger partial charge in [-0.05, 0) is 193 Å². The van der Waals surface area contributed by atoms with Crippen LogP contribution in [-0.4, -0.2) is 202 Å². The average Bonchev–Trinajstić information content (AvgIpc) is 1.24. The number of methoxy groups -OCH3 is 3. The van der Waals surface area contributed by atoms with Gasteiger partial charge in [0.15, 0.2) is 6.17 Å². The van der Waals surface area contributed by atoms with E-state index in [1.54, 1.807) is 78.7 Å². The first-order chi connectivity index (χ1) is 66.5. The fourth-order valence-corrected chi connectivity index (χ4v) is 19.5. The van der Waals surface area contributed by atoms with Gasteiger partial charge < -0.3 is 77.9 Å². The molecule has 14 unspecified atom stereocenters. The molecular weight excluding hydrogens is 1810 g/mol. The van der Waals surface area contributed by atoms with Crippen molar-refractivity contribution in [3.63, 3.8) is 0 Å². The Balaban J connectivity index is 0.000000156. The quantitative estimate of drug-likeness (QED) is 0.0294. The zero-order valence-electron chi connectivity index (χ0n) is 81.8. The summed E-state index contributed by atoms with van der Waals surface area (Å²) >= 11 is 6.40. The summed E-state index contributed by atoms with van der Waals surface area (Å²) in [7, 11) is 4.75. The van der Waals surface area contributed by atoms with E-state index in [1.165, 1.54) is 31.4 Å². The molecule has 8 aromatic rings. The number of hydrogen-bond acceptors (Lipinski definition) is 24. The molecule has 8 aliphatic heterocycles. The van der Waals surface area contributed by atoms with Gasteiger partial charge in [0.2, 0.25) is 0 Å². The first-order valence-electron chi connectivity index (χ1n) is 47.9. The van der Waals surface area contributed by atoms with Gasteiger partial charge in [-0.3, -0.25) is 39.2 Å². The monoisotopic (exact) mass is 1940 g/mol. The maximum atomic E-state index is 15.0. The summed E-state index contributed by atoms with van der Waals surface area (Å²) in [5.74, 6) is 2.42. The van der Waals surface area contributed by atoms with Gasteiger partial charge in [0.05, 0.1) is 135 Å². The number of carboxylic acid groups (broad SMARTS) is 4. The second-order valence-electron chi connectivity index (χ2n) is 37.5. The summed E-state index contributed by atoms with van der Waals surface area (Å²) in [6.45, 7) is 29.6. The van der Waals surface area contributed by atoms with Crippen LogP contribution >= 0.6 is 11.6 Å². The maximum Gasteiger partial charge on any atom is 0.305 e. The highest BCUT2D eigenvalue weighted by molar-refractivity contribution is 6.33. The van der Waals surface area contributed by atoms with Crippen LogP contribution in [0, 0.1) is 58.9 Å². The number of carboxylic acids is 4. The molecule has 0 bridgehead atoms. The van der Waals surface area contributed by atoms with Crippen LogP contribution < -0.4 is 77.5 Å². The SMILES string of the molecule is CCOc1ccc(F)c(N2CCC(Oc3ccc(N4N=C(C)C(C)C4CC(=O)O)cc3)C(C)C2)c1.COc1ccc(Cl)c(N2CCC(Oc3ccc(N4N=C(C)C(C)C4CC(=O)O)cc3)CC2)c1.COc1ccc(F)c(N2CCC(Oc3ccc(N4N=C(C)C(C)C4CC(=O)O)cc3)C(CC(C)C)C2)c1.COc1ccc(F)c(N2CCC(Oc3ccc(N4N=C(C)C(C)C4CC(=O)O)cc3)C(F)C2)c1. The Hall–Kier alpha value is -12.9. The van der Waals surface area contributed by atoms with Gasteiger partial charge in [0.25, 0.3) is 0 Å². The van der Waals surface area contributed by atoms with Crippen molar-refractivity contribution in [2.45, 2.75) is 202 Å². The molecule has 8 aliphatic rings. The summed E-state index contributed by atoms with van der Waals surface area (Å²) < 4.78 is 105. The number of aliphatic carboxylic acids is 4. The summed E-state index contributed by atoms with van der Waals surface area (Å²) in [5, 5.41) is 63.5. The molecule has 0 spiro atoms. The standard InChI is InChI=1S/C29H38FN3O4.C27H34FN3O4.C25H30ClN3O4.C25H29F2N3O4/c1-18(2)14-21-17-32(27-15-24(36-5)10-11-25(27)30)13-12-28(21)37-23-8-6-22(7-9-23)33-26(16-29(34)35)19(3)20(4)31-33;1-5-34-22-10-11-23(28)25(14-22)30-13-12-26(17(2)16-30)35-21-8-6-20(7-9-21)31-24(15-27(32)33)18(3)19(4)29-31;1-16-17(2)27-29(23(16)15-25(30)31)18-4-6-19(7-5-18)33-20-10-12-28(13-11-20)24-14-21(32-3)8-9-22(24)26;1-15-16(2)28-30(22(15)13-25(31)32)17-4-6-18(7-5-17)34-24-10-11-29(14-21(24)27)23-12-19(33-3)8-9-20(23)26/h6-11,15,18-19,21,26,28H,12-14,16-17H2,1-5H3,(H,34,35);6-11,14,17-18,24,26H,5,12-13,15-16H2,1-4H3,(H,32,33);4-9,14,16,20,23H,10-13,15H2,1-3H3,(H,30,31);4-9,12,15,21-22,24H,10-11,13-14H2,1-3H3,(H,31,32). The number of carbonyl (C=O) groups is 4. The number of hydrazone groups is 4. The average molecular weight is 1940 g/mol. The molecule has 4 N–H and O–H groups in total. The van der Waals surface area contributed by atoms with E-state index in [0.29, 0.717) is 91.7 Å². The molecule has 139 heavy (non-hydrogen) atoms. The molecule has 0 saturated carbocycles. The minimum Gasteiger partial charge on any atom is -0.497 e. The topological polar surface area (TPSA) is 298 Å². The second-order valence-corrected chi connectivity index (χ2v) is 37.9. The molecule has 4 saturated heterocycles. The smallest absolute Gasteiger partial charge is 0.305 e. The summed E-state index contributed by atoms with van der Waals surface area (Å²) in [5.41, 5.74) is 9.46. The number of rotatable bonds is 31. The van der Waals surface area contributed by atoms with Crippen LogP contribution in [0.25, 0.3) is 0 Å². The van der Waals surface area contributed by atoms with E-state index >= 15 is 0 Å². The summed E-state index contributed by atoms with van der Waals surface area (Å²) in [6.07, 6.45) is 3.02. The largest absolute Gasteiger partial charge is 0.497 e. The Labute approximate surface area is 816 Å². The zero-order valence-corrected chi connectivity index (χ0v) is 82.5. The molecule has 0 radical (unpaired) electrons. The van der Waals surface area contributed by atoms with Gasteiger partial charge in [0.1, 0.15) is 87.9 Å². The molecule has 746 valence electrons. The molecule has 14 atom stereocenters. The molecule has 8 heterocycles. The van der Waals surface area contributed by atoms with Crippen molar-refractivity contribution in [2.24, 2.45) is 61.8 Å². The van der Waals surface area contributed by atoms with Crippen LogP contribution in [0.2, 0.25) is 5.02 Å². The molecule has 16 rings (SSSR count). The zero-order chi connectivity index (χ0) is 99.7. The van der Waals surface area contributed by atoms with E-state index < -0.39 is 42.0 Å². The Morgan fingerprint density at radius 1 is 0.388 bits per heavy atom. The normalized spacial score (nSPS) is 23.5. The number of benzene rings is 8. The molecule has 28 nitrogen and oxygen atoms in total. The lowest BCUT2D eigenvalue weighted by Crippen LogP contribution is -2.47. The maximum absolute atomic E-state index is 15.0. The van der Waals surface area contributed by atoms with Crippen molar-refractivity contribution >= 4 is 104 Å². The lowest BCUT2D eigenvalue weighted by atomic mass is 9.86. The highest BCUT2D eigenvalue weighted by atomic mass is 35.5. The first kappa shape index (κ1) is 104. The van der Waals surface area contributed by atoms with Crippen molar-refractivity contribution in [1.29, 1.82) is 0 Å². The third-order valence-corrected chi connectivity index (χ3v) is 27.9. The van der Waals surface area contributed by atoms with Gasteiger partial charge in [0, 0.05) is 161 Å². The van der Waals surface area contributed by atoms with E-state index in [1.807, 2.05) is 168 Å². The number of halogens is 5. The molecule has 0 aromatic heterocycles. The Bertz CT molecular complexity index is 5640. The van der Waals surface area contributed by atoms with Crippen molar-refractivity contribution in [3.05, 3.63) is 192 Å². The van der Waals surface area contributed by atoms with Gasteiger partial charge in [-0.1, -0.05) is 60.1 Å². The van der Waals surface area contributed by atoms with Crippen LogP contribution in [0.15, 0.2) is 190 Å². The number of anilines is 8. The lowest BCUT2D eigenvalue weighted by molar-refractivity contribution is -0.138. The molecule has 0 aliphatic carbocycles. The third-order valence-electron chi connectivity index (χ3n) is 27.6. The van der Waals surface area contributed by atoms with Crippen LogP contribution in [-0.2, 0) is 19.2 Å². The van der Waals surface area contributed by atoms with Crippen molar-refractivity contribution < 1.29 is 95.1 Å². The van der Waals surface area contributed by atoms with Gasteiger partial charge in [-0.2, -0.15) is 20.4 Å². The van der Waals surface area contributed by atoms with Gasteiger partial charge >= 0.3 is 23.9 Å². The fraction of sp³-hybridized carbons (Fsp3) is 0.472. The predicted molar refractivity (Wildman–Crippen MR) is 537 cm³/mol. The summed E-state index contributed by atoms with van der Waals surface area (Å²) in [6, 6.07) is 49.3. The number of ether oxygens (including phenoxy) is 8. The Morgan fingerprint density at radius 3 is 1.04 bits per heavy atom. The van der Waals surface area contributed by atoms with E-state index in [-0.39, 0.29) is 122 Å². The lowest BCUT2D eigenvalue weighted by Gasteiger charge is -2.40. The number of piperidine rings is 4. The number of nitrogens with zero attached hydrogens (tertiary/aromatic N) is 12. The molecular formula is C106H131ClF4N12O16. The van der Waals surface area contributed by atoms with Crippen molar-refractivity contribution in [1.82, 2.24) is 0 Å². The third kappa shape index (κ3) is 26.2. The fourth-order valence-electron chi connectivity index (χ4n) is 19.3. The summed E-state index contributed by atoms with van der Waals surface area (Å²) in [4.78, 5) is 53.4. The minimum absolute atomic E-state index is 0.0158. The van der Waals surface area contributed by atoms with Crippen LogP contribution in [0.1, 0.15) is 147 Å². The van der Waals surface area contributed by atoms with Crippen LogP contribution in [0.4, 0.5) is 63.1 Å². The van der Waals surface area contributed by atoms with Crippen LogP contribution in [0.5, 0.6) is 46.0 Å². The van der Waals surface area contributed by atoms with Crippen molar-refractivity contribution in [3.8, 4) is 46.0 Å². The van der Waals surface area contributed by atoms with Crippen molar-refractivity contribution in [2.75, 3.05) is 120 Å². The minimum atomic E-state index is -1.30. The van der Waals surface area contributed by atoms with E-state index in [2.05, 4.69) is 55.9 Å². The second kappa shape index (κ2) is 47.2. The highest BCUT2D eigenvalue weighted by Gasteiger charge is 2.42. The number of hydrogen-bond donors (Lipinski definition) is 4. The Kier molecular flexibility index (Phi) is 35.1. The number of alkyl halides is 1. The van der Waals surface area contributed by atoms with Gasteiger partial charge in [-0.15, -0.1) is 0 Å². The molecule has 4 fully saturated rings. The van der Waals surface area contributed by atoms with Gasteiger partial charge in [-0.25, -0.2) is 17.6 Å². The first-order valence-corrected chi connectivity index (χ1v) is 48.3. The highest BCUT2D eigenvalue weighted by Crippen LogP contribution is 2.43. The molecule has 8 aromatic carbocycles. The van der Waals surface area contributed by atoms with E-state index in [0.717, 1.165) is 124 Å². The van der Waals surface area contributed by atoms with E-state index in [9.17, 15) is 57.2 Å². The van der Waals surface area contributed by atoms with E-state index in [4.69, 9.17) is 49.5 Å². The Morgan fingerprint density at radius 2 is 0.691 bits per heavy atom. The molecule has 0 amide bonds. The van der Waals surface area contributed by atoms with Crippen LogP contribution in [0.3, 0.4) is 0 Å². The molecule has 33 heteroatoms.